The van der Waals surface area contributed by atoms with Crippen molar-refractivity contribution in [2.45, 2.75) is 38.8 Å². The molecule has 0 aliphatic heterocycles. The van der Waals surface area contributed by atoms with E-state index < -0.39 is 0 Å². The summed E-state index contributed by atoms with van der Waals surface area (Å²) in [4.78, 5) is 14.3. The second-order valence-corrected chi connectivity index (χ2v) is 4.28. The van der Waals surface area contributed by atoms with Crippen LogP contribution in [-0.4, -0.2) is 34.1 Å². The van der Waals surface area contributed by atoms with Gasteiger partial charge in [-0.1, -0.05) is 0 Å². The van der Waals surface area contributed by atoms with Crippen LogP contribution in [0.1, 0.15) is 26.7 Å². The Morgan fingerprint density at radius 2 is 2.00 bits per heavy atom. The number of aromatic nitrogens is 3. The van der Waals surface area contributed by atoms with Gasteiger partial charge in [-0.3, -0.25) is 0 Å². The van der Waals surface area contributed by atoms with Crippen molar-refractivity contribution >= 4 is 11.9 Å². The van der Waals surface area contributed by atoms with E-state index in [9.17, 15) is 0 Å². The van der Waals surface area contributed by atoms with Gasteiger partial charge in [0.2, 0.25) is 11.9 Å². The Morgan fingerprint density at radius 1 is 1.31 bits per heavy atom. The van der Waals surface area contributed by atoms with Crippen LogP contribution in [0, 0.1) is 0 Å². The molecule has 0 spiro atoms. The van der Waals surface area contributed by atoms with Gasteiger partial charge in [0.25, 0.3) is 0 Å². The van der Waals surface area contributed by atoms with Gasteiger partial charge in [0.1, 0.15) is 0 Å². The molecule has 1 aliphatic rings. The first kappa shape index (κ1) is 10.9. The maximum atomic E-state index is 5.62. The Morgan fingerprint density at radius 3 is 2.56 bits per heavy atom. The monoisotopic (exact) mass is 223 g/mol. The third-order valence-electron chi connectivity index (χ3n) is 2.37. The molecule has 6 heteroatoms. The van der Waals surface area contributed by atoms with Crippen LogP contribution in [0.3, 0.4) is 0 Å². The third kappa shape index (κ3) is 2.50. The normalized spacial score (nSPS) is 15.2. The van der Waals surface area contributed by atoms with E-state index in [-0.39, 0.29) is 12.1 Å². The first-order valence-electron chi connectivity index (χ1n) is 5.47. The predicted octanol–water partition coefficient (Wildman–Crippen LogP) is 0.840. The van der Waals surface area contributed by atoms with Gasteiger partial charge in [-0.05, 0) is 26.7 Å². The van der Waals surface area contributed by atoms with Crippen molar-refractivity contribution in [2.75, 3.05) is 17.7 Å². The number of nitrogens with two attached hydrogens (primary N) is 1. The molecule has 0 unspecified atom stereocenters. The van der Waals surface area contributed by atoms with Crippen LogP contribution in [0.5, 0.6) is 6.01 Å². The molecule has 0 radical (unpaired) electrons. The highest BCUT2D eigenvalue weighted by Gasteiger charge is 2.28. The predicted molar refractivity (Wildman–Crippen MR) is 61.4 cm³/mol. The van der Waals surface area contributed by atoms with E-state index in [1.165, 1.54) is 12.8 Å². The zero-order valence-electron chi connectivity index (χ0n) is 9.84. The van der Waals surface area contributed by atoms with Crippen LogP contribution in [0.15, 0.2) is 0 Å². The lowest BCUT2D eigenvalue weighted by atomic mass is 10.5. The lowest BCUT2D eigenvalue weighted by molar-refractivity contribution is 0.222. The van der Waals surface area contributed by atoms with Gasteiger partial charge in [0, 0.05) is 13.1 Å². The number of hydrogen-bond donors (Lipinski definition) is 1. The van der Waals surface area contributed by atoms with E-state index in [1.54, 1.807) is 0 Å². The van der Waals surface area contributed by atoms with E-state index in [4.69, 9.17) is 10.5 Å². The molecule has 2 N–H and O–H groups in total. The van der Waals surface area contributed by atoms with Crippen molar-refractivity contribution in [1.29, 1.82) is 0 Å². The molecule has 0 amide bonds. The van der Waals surface area contributed by atoms with E-state index in [0.717, 1.165) is 0 Å². The fourth-order valence-corrected chi connectivity index (χ4v) is 1.41. The van der Waals surface area contributed by atoms with Gasteiger partial charge in [0.05, 0.1) is 6.10 Å². The average molecular weight is 223 g/mol. The first-order valence-corrected chi connectivity index (χ1v) is 5.47. The van der Waals surface area contributed by atoms with Crippen molar-refractivity contribution in [3.05, 3.63) is 0 Å². The van der Waals surface area contributed by atoms with Crippen LogP contribution in [0.25, 0.3) is 0 Å². The van der Waals surface area contributed by atoms with Crippen LogP contribution < -0.4 is 15.4 Å². The molecule has 1 saturated carbocycles. The van der Waals surface area contributed by atoms with Crippen molar-refractivity contribution in [3.8, 4) is 6.01 Å². The molecule has 2 rings (SSSR count). The molecule has 6 nitrogen and oxygen atoms in total. The fourth-order valence-electron chi connectivity index (χ4n) is 1.41. The second-order valence-electron chi connectivity index (χ2n) is 4.28. The van der Waals surface area contributed by atoms with Gasteiger partial charge in [-0.2, -0.15) is 15.0 Å². The molecule has 16 heavy (non-hydrogen) atoms. The lowest BCUT2D eigenvalue weighted by Gasteiger charge is -2.17. The minimum Gasteiger partial charge on any atom is -0.461 e. The Bertz CT molecular complexity index is 377. The molecular formula is C10H17N5O. The Balaban J connectivity index is 2.20. The summed E-state index contributed by atoms with van der Waals surface area (Å²) in [6.45, 7) is 3.84. The highest BCUT2D eigenvalue weighted by Crippen LogP contribution is 2.28. The van der Waals surface area contributed by atoms with E-state index >= 15 is 0 Å². The third-order valence-corrected chi connectivity index (χ3v) is 2.37. The Labute approximate surface area is 94.9 Å². The van der Waals surface area contributed by atoms with Gasteiger partial charge in [-0.15, -0.1) is 0 Å². The highest BCUT2D eigenvalue weighted by molar-refractivity contribution is 5.37. The first-order chi connectivity index (χ1) is 7.56. The molecule has 1 aromatic rings. The number of ether oxygens (including phenoxy) is 1. The molecule has 1 heterocycles. The Hall–Kier alpha value is -1.59. The number of anilines is 2. The SMILES string of the molecule is CC(C)Oc1nc(N)nc(N(C)C2CC2)n1. The van der Waals surface area contributed by atoms with E-state index in [1.807, 2.05) is 25.8 Å². The van der Waals surface area contributed by atoms with E-state index in [0.29, 0.717) is 18.0 Å². The van der Waals surface area contributed by atoms with E-state index in [2.05, 4.69) is 15.0 Å². The van der Waals surface area contributed by atoms with Crippen molar-refractivity contribution in [2.24, 2.45) is 0 Å². The average Bonchev–Trinajstić information content (AvgIpc) is 2.97. The summed E-state index contributed by atoms with van der Waals surface area (Å²) in [7, 11) is 1.96. The molecular weight excluding hydrogens is 206 g/mol. The molecule has 0 aromatic carbocycles. The number of nitrogens with zero attached hydrogens (tertiary/aromatic N) is 4. The molecule has 0 saturated heterocycles. The molecule has 1 fully saturated rings. The smallest absolute Gasteiger partial charge is 0.323 e. The van der Waals surface area contributed by atoms with Crippen LogP contribution >= 0.6 is 0 Å². The number of nitrogen functional groups attached to an aromatic ring is 1. The summed E-state index contributed by atoms with van der Waals surface area (Å²) >= 11 is 0. The van der Waals surface area contributed by atoms with Crippen molar-refractivity contribution < 1.29 is 4.74 Å². The summed E-state index contributed by atoms with van der Waals surface area (Å²) < 4.78 is 5.42. The van der Waals surface area contributed by atoms with Gasteiger partial charge >= 0.3 is 6.01 Å². The molecule has 88 valence electrons. The maximum Gasteiger partial charge on any atom is 0.323 e. The molecule has 1 aromatic heterocycles. The zero-order valence-corrected chi connectivity index (χ0v) is 9.84. The zero-order chi connectivity index (χ0) is 11.7. The number of hydrogen-bond acceptors (Lipinski definition) is 6. The van der Waals surface area contributed by atoms with Crippen molar-refractivity contribution in [3.63, 3.8) is 0 Å². The van der Waals surface area contributed by atoms with Gasteiger partial charge in [-0.25, -0.2) is 0 Å². The fraction of sp³-hybridized carbons (Fsp3) is 0.700. The summed E-state index contributed by atoms with van der Waals surface area (Å²) in [5.74, 6) is 0.791. The summed E-state index contributed by atoms with van der Waals surface area (Å²) in [6, 6.07) is 0.832. The highest BCUT2D eigenvalue weighted by atomic mass is 16.5. The topological polar surface area (TPSA) is 77.2 Å². The van der Waals surface area contributed by atoms with Gasteiger partial charge in [0.15, 0.2) is 0 Å². The molecule has 1 aliphatic carbocycles. The summed E-state index contributed by atoms with van der Waals surface area (Å²) in [6.07, 6.45) is 2.39. The lowest BCUT2D eigenvalue weighted by Crippen LogP contribution is -2.23. The minimum absolute atomic E-state index is 0.0286. The molecule has 0 atom stereocenters. The van der Waals surface area contributed by atoms with Crippen LogP contribution in [0.4, 0.5) is 11.9 Å². The van der Waals surface area contributed by atoms with Crippen molar-refractivity contribution in [1.82, 2.24) is 15.0 Å². The second kappa shape index (κ2) is 4.11. The minimum atomic E-state index is 0.0286. The summed E-state index contributed by atoms with van der Waals surface area (Å²) in [5, 5.41) is 0. The molecule has 0 bridgehead atoms. The van der Waals surface area contributed by atoms with Gasteiger partial charge < -0.3 is 15.4 Å². The number of rotatable bonds is 4. The summed E-state index contributed by atoms with van der Waals surface area (Å²) in [5.41, 5.74) is 5.62. The van der Waals surface area contributed by atoms with Crippen LogP contribution in [0.2, 0.25) is 0 Å². The quantitative estimate of drug-likeness (QED) is 0.815. The van der Waals surface area contributed by atoms with Crippen LogP contribution in [-0.2, 0) is 0 Å². The maximum absolute atomic E-state index is 5.62. The Kier molecular flexibility index (Phi) is 2.80. The largest absolute Gasteiger partial charge is 0.461 e. The standard InChI is InChI=1S/C10H17N5O/c1-6(2)16-10-13-8(11)12-9(14-10)15(3)7-4-5-7/h6-7H,4-5H2,1-3H3,(H2,11,12,13,14).